The van der Waals surface area contributed by atoms with E-state index in [1.807, 2.05) is 11.4 Å². The second-order valence-corrected chi connectivity index (χ2v) is 5.93. The summed E-state index contributed by atoms with van der Waals surface area (Å²) in [5.41, 5.74) is 0. The monoisotopic (exact) mass is 260 g/mol. The molecule has 0 aliphatic carbocycles. The predicted octanol–water partition coefficient (Wildman–Crippen LogP) is 3.13. The number of thiophene rings is 1. The lowest BCUT2D eigenvalue weighted by Crippen LogP contribution is -2.37. The van der Waals surface area contributed by atoms with Gasteiger partial charge in [0, 0.05) is 24.0 Å². The molecule has 0 saturated heterocycles. The van der Waals surface area contributed by atoms with E-state index >= 15 is 0 Å². The molecule has 1 aromatic rings. The molecule has 1 rings (SSSR count). The Kier molecular flexibility index (Phi) is 6.36. The molecule has 2 nitrogen and oxygen atoms in total. The molecule has 1 aromatic heterocycles. The minimum atomic E-state index is 0.469. The summed E-state index contributed by atoms with van der Waals surface area (Å²) in [6, 6.07) is 2.42. The molecule has 0 amide bonds. The summed E-state index contributed by atoms with van der Waals surface area (Å²) in [5.74, 6) is 0.707. The zero-order valence-electron chi connectivity index (χ0n) is 10.2. The summed E-state index contributed by atoms with van der Waals surface area (Å²) in [6.45, 7) is 9.57. The molecule has 0 spiro atoms. The van der Waals surface area contributed by atoms with Gasteiger partial charge in [-0.15, -0.1) is 11.3 Å². The first-order valence-corrected chi connectivity index (χ1v) is 7.01. The fraction of sp³-hybridized carbons (Fsp3) is 0.667. The quantitative estimate of drug-likeness (QED) is 0.787. The first-order valence-electron chi connectivity index (χ1n) is 5.75. The lowest BCUT2D eigenvalue weighted by molar-refractivity contribution is 0.473. The fourth-order valence-corrected chi connectivity index (χ4v) is 2.43. The molecule has 0 radical (unpaired) electrons. The normalized spacial score (nSPS) is 13.3. The van der Waals surface area contributed by atoms with Gasteiger partial charge in [0.05, 0.1) is 5.02 Å². The second-order valence-electron chi connectivity index (χ2n) is 4.53. The number of nitrogens with one attached hydrogen (secondary N) is 2. The van der Waals surface area contributed by atoms with Crippen LogP contribution in [0.5, 0.6) is 0 Å². The summed E-state index contributed by atoms with van der Waals surface area (Å²) in [7, 11) is 0. The third-order valence-corrected chi connectivity index (χ3v) is 3.69. The summed E-state index contributed by atoms with van der Waals surface area (Å²) in [6.07, 6.45) is 0. The third kappa shape index (κ3) is 5.30. The highest BCUT2D eigenvalue weighted by atomic mass is 35.5. The van der Waals surface area contributed by atoms with E-state index in [-0.39, 0.29) is 0 Å². The average molecular weight is 261 g/mol. The summed E-state index contributed by atoms with van der Waals surface area (Å²) < 4.78 is 0. The molecule has 1 heterocycles. The molecule has 0 saturated carbocycles. The molecule has 0 fully saturated rings. The number of halogens is 1. The Labute approximate surface area is 107 Å². The Balaban J connectivity index is 2.15. The molecule has 2 N–H and O–H groups in total. The second kappa shape index (κ2) is 7.28. The molecule has 0 aliphatic heterocycles. The van der Waals surface area contributed by atoms with Crippen molar-refractivity contribution < 1.29 is 0 Å². The van der Waals surface area contributed by atoms with E-state index in [0.717, 1.165) is 24.7 Å². The lowest BCUT2D eigenvalue weighted by Gasteiger charge is -2.15. The molecule has 0 aliphatic rings. The van der Waals surface area contributed by atoms with Gasteiger partial charge in [-0.25, -0.2) is 0 Å². The number of hydrogen-bond acceptors (Lipinski definition) is 3. The van der Waals surface area contributed by atoms with Crippen LogP contribution in [0.2, 0.25) is 5.02 Å². The van der Waals surface area contributed by atoms with E-state index in [4.69, 9.17) is 11.6 Å². The van der Waals surface area contributed by atoms with Crippen LogP contribution >= 0.6 is 22.9 Å². The van der Waals surface area contributed by atoms with Crippen LogP contribution in [0.15, 0.2) is 11.4 Å². The molecule has 1 atom stereocenters. The third-order valence-electron chi connectivity index (χ3n) is 2.31. The molecular formula is C12H21ClN2S. The van der Waals surface area contributed by atoms with Crippen LogP contribution in [0.1, 0.15) is 25.6 Å². The zero-order valence-corrected chi connectivity index (χ0v) is 11.8. The van der Waals surface area contributed by atoms with Crippen LogP contribution in [0.25, 0.3) is 0 Å². The zero-order chi connectivity index (χ0) is 12.0. The highest BCUT2D eigenvalue weighted by Crippen LogP contribution is 2.21. The van der Waals surface area contributed by atoms with Gasteiger partial charge in [-0.3, -0.25) is 0 Å². The van der Waals surface area contributed by atoms with Crippen molar-refractivity contribution in [3.05, 3.63) is 21.3 Å². The Morgan fingerprint density at radius 3 is 2.62 bits per heavy atom. The standard InChI is InChI=1S/C12H21ClN2S/c1-9(2)6-14-7-10(3)15-8-12-11(13)4-5-16-12/h4-5,9-10,14-15H,6-8H2,1-3H3. The van der Waals surface area contributed by atoms with E-state index in [2.05, 4.69) is 31.4 Å². The van der Waals surface area contributed by atoms with E-state index in [1.54, 1.807) is 11.3 Å². The smallest absolute Gasteiger partial charge is 0.0558 e. The van der Waals surface area contributed by atoms with Crippen molar-refractivity contribution >= 4 is 22.9 Å². The maximum Gasteiger partial charge on any atom is 0.0558 e. The topological polar surface area (TPSA) is 24.1 Å². The molecule has 0 bridgehead atoms. The number of hydrogen-bond donors (Lipinski definition) is 2. The van der Waals surface area contributed by atoms with Crippen molar-refractivity contribution in [3.8, 4) is 0 Å². The van der Waals surface area contributed by atoms with Gasteiger partial charge in [0.2, 0.25) is 0 Å². The molecule has 1 unspecified atom stereocenters. The van der Waals surface area contributed by atoms with Crippen LogP contribution < -0.4 is 10.6 Å². The lowest BCUT2D eigenvalue weighted by atomic mass is 10.2. The van der Waals surface area contributed by atoms with Gasteiger partial charge in [-0.1, -0.05) is 25.4 Å². The summed E-state index contributed by atoms with van der Waals surface area (Å²) in [5, 5.41) is 9.80. The molecule has 0 aromatic carbocycles. The first-order chi connectivity index (χ1) is 7.59. The summed E-state index contributed by atoms with van der Waals surface area (Å²) >= 11 is 7.73. The largest absolute Gasteiger partial charge is 0.315 e. The summed E-state index contributed by atoms with van der Waals surface area (Å²) in [4.78, 5) is 1.22. The van der Waals surface area contributed by atoms with Gasteiger partial charge in [-0.05, 0) is 30.8 Å². The van der Waals surface area contributed by atoms with Gasteiger partial charge >= 0.3 is 0 Å². The van der Waals surface area contributed by atoms with E-state index < -0.39 is 0 Å². The van der Waals surface area contributed by atoms with Crippen LogP contribution in [0.4, 0.5) is 0 Å². The first kappa shape index (κ1) is 14.0. The Hall–Kier alpha value is -0.0900. The van der Waals surface area contributed by atoms with Crippen molar-refractivity contribution in [2.24, 2.45) is 5.92 Å². The van der Waals surface area contributed by atoms with Crippen LogP contribution in [0.3, 0.4) is 0 Å². The van der Waals surface area contributed by atoms with Crippen molar-refractivity contribution in [1.29, 1.82) is 0 Å². The minimum absolute atomic E-state index is 0.469. The van der Waals surface area contributed by atoms with Gasteiger partial charge < -0.3 is 10.6 Å². The average Bonchev–Trinajstić information content (AvgIpc) is 2.60. The molecule has 92 valence electrons. The molecule has 16 heavy (non-hydrogen) atoms. The fourth-order valence-electron chi connectivity index (χ4n) is 1.38. The maximum atomic E-state index is 6.02. The van der Waals surface area contributed by atoms with Crippen molar-refractivity contribution in [2.45, 2.75) is 33.4 Å². The Bertz CT molecular complexity index is 299. The SMILES string of the molecule is CC(C)CNCC(C)NCc1sccc1Cl. The van der Waals surface area contributed by atoms with Crippen molar-refractivity contribution in [2.75, 3.05) is 13.1 Å². The van der Waals surface area contributed by atoms with Gasteiger partial charge in [0.1, 0.15) is 0 Å². The van der Waals surface area contributed by atoms with Crippen LogP contribution in [0, 0.1) is 5.92 Å². The van der Waals surface area contributed by atoms with E-state index in [1.165, 1.54) is 4.88 Å². The molecular weight excluding hydrogens is 240 g/mol. The van der Waals surface area contributed by atoms with Crippen LogP contribution in [-0.2, 0) is 6.54 Å². The van der Waals surface area contributed by atoms with Gasteiger partial charge in [-0.2, -0.15) is 0 Å². The van der Waals surface area contributed by atoms with Crippen molar-refractivity contribution in [3.63, 3.8) is 0 Å². The Morgan fingerprint density at radius 2 is 2.06 bits per heavy atom. The van der Waals surface area contributed by atoms with Gasteiger partial charge in [0.15, 0.2) is 0 Å². The van der Waals surface area contributed by atoms with Crippen LogP contribution in [-0.4, -0.2) is 19.1 Å². The highest BCUT2D eigenvalue weighted by Gasteiger charge is 2.05. The molecule has 4 heteroatoms. The predicted molar refractivity (Wildman–Crippen MR) is 73.3 cm³/mol. The van der Waals surface area contributed by atoms with Crippen molar-refractivity contribution in [1.82, 2.24) is 10.6 Å². The van der Waals surface area contributed by atoms with E-state index in [0.29, 0.717) is 12.0 Å². The maximum absolute atomic E-state index is 6.02. The van der Waals surface area contributed by atoms with E-state index in [9.17, 15) is 0 Å². The minimum Gasteiger partial charge on any atom is -0.315 e. The highest BCUT2D eigenvalue weighted by molar-refractivity contribution is 7.10. The van der Waals surface area contributed by atoms with Gasteiger partial charge in [0.25, 0.3) is 0 Å². The Morgan fingerprint density at radius 1 is 1.31 bits per heavy atom. The number of rotatable bonds is 7.